The van der Waals surface area contributed by atoms with Crippen LogP contribution in [0.15, 0.2) is 35.2 Å². The number of nitro groups is 1. The minimum atomic E-state index is -3.63. The molecule has 4 rings (SSSR count). The summed E-state index contributed by atoms with van der Waals surface area (Å²) < 4.78 is 28.1. The molecular formula is C23H27N3O5S. The molecule has 170 valence electrons. The van der Waals surface area contributed by atoms with E-state index in [2.05, 4.69) is 0 Å². The number of nitrogens with zero attached hydrogens (tertiary/aromatic N) is 3. The molecule has 0 spiro atoms. The maximum atomic E-state index is 13.3. The largest absolute Gasteiger partial charge is 0.312 e. The number of hydrogen-bond acceptors (Lipinski definition) is 5. The first kappa shape index (κ1) is 22.4. The van der Waals surface area contributed by atoms with Gasteiger partial charge in [0.15, 0.2) is 0 Å². The standard InChI is InChI=1S/C23H27N3O5S/c1-15-12-16(2)22(17(3)13-15)32(30,31)24-9-6-18(7-10-24)23(27)25-11-8-19-14-20(26(28)29)4-5-21(19)25/h4-5,12-14,18H,6-11H2,1-3H3. The highest BCUT2D eigenvalue weighted by Crippen LogP contribution is 2.35. The molecule has 1 saturated heterocycles. The Morgan fingerprint density at radius 1 is 1.03 bits per heavy atom. The van der Waals surface area contributed by atoms with E-state index in [1.54, 1.807) is 11.0 Å². The van der Waals surface area contributed by atoms with E-state index in [9.17, 15) is 23.3 Å². The Bertz CT molecular complexity index is 1180. The number of sulfonamides is 1. The summed E-state index contributed by atoms with van der Waals surface area (Å²) in [6, 6.07) is 8.35. The van der Waals surface area contributed by atoms with Crippen LogP contribution in [0, 0.1) is 36.8 Å². The van der Waals surface area contributed by atoms with Gasteiger partial charge in [0.05, 0.1) is 9.82 Å². The van der Waals surface area contributed by atoms with E-state index in [0.29, 0.717) is 43.8 Å². The van der Waals surface area contributed by atoms with Crippen molar-refractivity contribution in [1.29, 1.82) is 0 Å². The molecule has 8 nitrogen and oxygen atoms in total. The molecule has 2 aromatic rings. The molecule has 2 aliphatic heterocycles. The normalized spacial score (nSPS) is 17.4. The second kappa shape index (κ2) is 8.29. The van der Waals surface area contributed by atoms with E-state index in [0.717, 1.165) is 27.9 Å². The van der Waals surface area contributed by atoms with E-state index < -0.39 is 14.9 Å². The maximum absolute atomic E-state index is 13.3. The molecule has 2 aromatic carbocycles. The molecule has 1 amide bonds. The fourth-order valence-corrected chi connectivity index (χ4v) is 6.88. The third kappa shape index (κ3) is 3.91. The summed E-state index contributed by atoms with van der Waals surface area (Å²) in [6.07, 6.45) is 1.50. The second-order valence-electron chi connectivity index (χ2n) is 8.72. The zero-order valence-corrected chi connectivity index (χ0v) is 19.3. The third-order valence-electron chi connectivity index (χ3n) is 6.44. The highest BCUT2D eigenvalue weighted by molar-refractivity contribution is 7.89. The number of amides is 1. The van der Waals surface area contributed by atoms with Gasteiger partial charge in [-0.1, -0.05) is 17.7 Å². The number of nitro benzene ring substituents is 1. The van der Waals surface area contributed by atoms with Crippen LogP contribution >= 0.6 is 0 Å². The molecule has 2 aliphatic rings. The number of piperidine rings is 1. The SMILES string of the molecule is Cc1cc(C)c(S(=O)(=O)N2CCC(C(=O)N3CCc4cc([N+](=O)[O-])ccc43)CC2)c(C)c1. The van der Waals surface area contributed by atoms with Gasteiger partial charge in [-0.15, -0.1) is 0 Å². The predicted molar refractivity (Wildman–Crippen MR) is 121 cm³/mol. The lowest BCUT2D eigenvalue weighted by Crippen LogP contribution is -2.44. The first-order chi connectivity index (χ1) is 15.1. The lowest BCUT2D eigenvalue weighted by atomic mass is 9.96. The monoisotopic (exact) mass is 457 g/mol. The molecule has 0 radical (unpaired) electrons. The fourth-order valence-electron chi connectivity index (χ4n) is 5.00. The third-order valence-corrected chi connectivity index (χ3v) is 8.65. The molecule has 0 N–H and O–H groups in total. The van der Waals surface area contributed by atoms with Crippen molar-refractivity contribution in [2.75, 3.05) is 24.5 Å². The molecular weight excluding hydrogens is 430 g/mol. The minimum absolute atomic E-state index is 0.0262. The zero-order valence-electron chi connectivity index (χ0n) is 18.5. The van der Waals surface area contributed by atoms with Crippen LogP contribution in [0.5, 0.6) is 0 Å². The average Bonchev–Trinajstić information content (AvgIpc) is 3.15. The number of carbonyl (C=O) groups excluding carboxylic acids is 1. The first-order valence-electron chi connectivity index (χ1n) is 10.8. The van der Waals surface area contributed by atoms with Gasteiger partial charge in [0, 0.05) is 43.4 Å². The quantitative estimate of drug-likeness (QED) is 0.517. The number of rotatable bonds is 4. The van der Waals surface area contributed by atoms with Gasteiger partial charge < -0.3 is 4.90 Å². The smallest absolute Gasteiger partial charge is 0.269 e. The Morgan fingerprint density at radius 2 is 1.66 bits per heavy atom. The van der Waals surface area contributed by atoms with Gasteiger partial charge in [-0.3, -0.25) is 14.9 Å². The molecule has 0 saturated carbocycles. The van der Waals surface area contributed by atoms with E-state index in [4.69, 9.17) is 0 Å². The number of non-ortho nitro benzene ring substituents is 1. The Labute approximate surface area is 188 Å². The van der Waals surface area contributed by atoms with Crippen molar-refractivity contribution in [2.45, 2.75) is 44.9 Å². The van der Waals surface area contributed by atoms with Crippen molar-refractivity contribution in [2.24, 2.45) is 5.92 Å². The summed E-state index contributed by atoms with van der Waals surface area (Å²) >= 11 is 0. The van der Waals surface area contributed by atoms with Crippen molar-refractivity contribution < 1.29 is 18.1 Å². The Balaban J connectivity index is 1.47. The predicted octanol–water partition coefficient (Wildman–Crippen LogP) is 3.51. The number of anilines is 1. The van der Waals surface area contributed by atoms with Gasteiger partial charge >= 0.3 is 0 Å². The molecule has 32 heavy (non-hydrogen) atoms. The summed E-state index contributed by atoms with van der Waals surface area (Å²) in [5.74, 6) is -0.292. The van der Waals surface area contributed by atoms with Gasteiger partial charge in [-0.05, 0) is 62.8 Å². The van der Waals surface area contributed by atoms with Crippen molar-refractivity contribution in [1.82, 2.24) is 4.31 Å². The highest BCUT2D eigenvalue weighted by Gasteiger charge is 2.37. The molecule has 0 bridgehead atoms. The second-order valence-corrected chi connectivity index (χ2v) is 10.6. The number of fused-ring (bicyclic) bond motifs is 1. The van der Waals surface area contributed by atoms with Crippen LogP contribution in [0.25, 0.3) is 0 Å². The lowest BCUT2D eigenvalue weighted by Gasteiger charge is -2.33. The number of hydrogen-bond donors (Lipinski definition) is 0. The Kier molecular flexibility index (Phi) is 5.81. The van der Waals surface area contributed by atoms with Crippen LogP contribution < -0.4 is 4.90 Å². The number of aryl methyl sites for hydroxylation is 3. The summed E-state index contributed by atoms with van der Waals surface area (Å²) in [5, 5.41) is 11.0. The van der Waals surface area contributed by atoms with Gasteiger partial charge in [-0.2, -0.15) is 4.31 Å². The van der Waals surface area contributed by atoms with Crippen molar-refractivity contribution >= 4 is 27.3 Å². The Morgan fingerprint density at radius 3 is 2.25 bits per heavy atom. The van der Waals surface area contributed by atoms with Crippen LogP contribution in [0.3, 0.4) is 0 Å². The van der Waals surface area contributed by atoms with Gasteiger partial charge in [-0.25, -0.2) is 8.42 Å². The fraction of sp³-hybridized carbons (Fsp3) is 0.435. The van der Waals surface area contributed by atoms with Crippen LogP contribution in [0.4, 0.5) is 11.4 Å². The molecule has 1 fully saturated rings. The van der Waals surface area contributed by atoms with E-state index in [1.165, 1.54) is 16.4 Å². The maximum Gasteiger partial charge on any atom is 0.269 e. The van der Waals surface area contributed by atoms with Gasteiger partial charge in [0.25, 0.3) is 5.69 Å². The molecule has 0 aliphatic carbocycles. The van der Waals surface area contributed by atoms with Crippen LogP contribution in [-0.4, -0.2) is 43.2 Å². The van der Waals surface area contributed by atoms with Crippen molar-refractivity contribution in [3.05, 3.63) is 62.7 Å². The van der Waals surface area contributed by atoms with Crippen LogP contribution in [0.2, 0.25) is 0 Å². The lowest BCUT2D eigenvalue weighted by molar-refractivity contribution is -0.384. The number of benzene rings is 2. The summed E-state index contributed by atoms with van der Waals surface area (Å²) in [4.78, 5) is 25.8. The van der Waals surface area contributed by atoms with Crippen LogP contribution in [0.1, 0.15) is 35.1 Å². The molecule has 2 heterocycles. The van der Waals surface area contributed by atoms with Crippen LogP contribution in [-0.2, 0) is 21.2 Å². The van der Waals surface area contributed by atoms with E-state index >= 15 is 0 Å². The molecule has 0 aromatic heterocycles. The van der Waals surface area contributed by atoms with E-state index in [-0.39, 0.29) is 17.5 Å². The van der Waals surface area contributed by atoms with Crippen molar-refractivity contribution in [3.63, 3.8) is 0 Å². The summed E-state index contributed by atoms with van der Waals surface area (Å²) in [7, 11) is -3.63. The zero-order chi connectivity index (χ0) is 23.2. The van der Waals surface area contributed by atoms with Gasteiger partial charge in [0.2, 0.25) is 15.9 Å². The summed E-state index contributed by atoms with van der Waals surface area (Å²) in [6.45, 7) is 6.67. The highest BCUT2D eigenvalue weighted by atomic mass is 32.2. The molecule has 9 heteroatoms. The minimum Gasteiger partial charge on any atom is -0.312 e. The number of carbonyl (C=O) groups is 1. The topological polar surface area (TPSA) is 101 Å². The van der Waals surface area contributed by atoms with Gasteiger partial charge in [0.1, 0.15) is 0 Å². The molecule has 0 unspecified atom stereocenters. The van der Waals surface area contributed by atoms with E-state index in [1.807, 2.05) is 32.9 Å². The average molecular weight is 458 g/mol. The van der Waals surface area contributed by atoms with Crippen molar-refractivity contribution in [3.8, 4) is 0 Å². The summed E-state index contributed by atoms with van der Waals surface area (Å²) in [5.41, 5.74) is 4.06. The first-order valence-corrected chi connectivity index (χ1v) is 12.2. The molecule has 0 atom stereocenters. The Hall–Kier alpha value is -2.78.